The van der Waals surface area contributed by atoms with Crippen molar-refractivity contribution in [2.75, 3.05) is 6.54 Å². The molecule has 0 aromatic carbocycles. The third-order valence-corrected chi connectivity index (χ3v) is 4.42. The summed E-state index contributed by atoms with van der Waals surface area (Å²) in [7, 11) is 0. The molecule has 0 amide bonds. The van der Waals surface area contributed by atoms with Gasteiger partial charge in [-0.15, -0.1) is 11.6 Å². The summed E-state index contributed by atoms with van der Waals surface area (Å²) >= 11 is 17.1. The molecular formula is C16H24Cl3NO. The number of aliphatic imine (C=N–C) groups is 1. The van der Waals surface area contributed by atoms with Crippen LogP contribution in [0.3, 0.4) is 0 Å². The molecule has 2 atom stereocenters. The van der Waals surface area contributed by atoms with Crippen molar-refractivity contribution in [3.05, 3.63) is 23.8 Å². The van der Waals surface area contributed by atoms with Crippen molar-refractivity contribution in [1.82, 2.24) is 0 Å². The summed E-state index contributed by atoms with van der Waals surface area (Å²) in [6, 6.07) is 0. The van der Waals surface area contributed by atoms with E-state index in [2.05, 4.69) is 38.4 Å². The molecular weight excluding hydrogens is 329 g/mol. The molecule has 1 heterocycles. The van der Waals surface area contributed by atoms with E-state index in [0.29, 0.717) is 12.6 Å². The van der Waals surface area contributed by atoms with E-state index in [-0.39, 0.29) is 15.6 Å². The van der Waals surface area contributed by atoms with Gasteiger partial charge in [-0.1, -0.05) is 23.8 Å². The minimum Gasteiger partial charge on any atom is -0.367 e. The zero-order valence-corrected chi connectivity index (χ0v) is 15.2. The van der Waals surface area contributed by atoms with Crippen LogP contribution in [0.4, 0.5) is 0 Å². The summed E-state index contributed by atoms with van der Waals surface area (Å²) in [5.41, 5.74) is 2.44. The number of alkyl halides is 1. The molecule has 1 aliphatic heterocycles. The number of nitrogens with zero attached hydrogens (tertiary/aromatic N) is 1. The van der Waals surface area contributed by atoms with Gasteiger partial charge in [-0.3, -0.25) is 4.99 Å². The van der Waals surface area contributed by atoms with E-state index in [0.717, 1.165) is 31.3 Å². The summed E-state index contributed by atoms with van der Waals surface area (Å²) < 4.78 is 5.59. The largest absolute Gasteiger partial charge is 0.367 e. The molecule has 0 bridgehead atoms. The Morgan fingerprint density at radius 3 is 2.52 bits per heavy atom. The second kappa shape index (κ2) is 8.57. The van der Waals surface area contributed by atoms with E-state index in [1.54, 1.807) is 0 Å². The second-order valence-electron chi connectivity index (χ2n) is 6.04. The Morgan fingerprint density at radius 2 is 2.00 bits per heavy atom. The van der Waals surface area contributed by atoms with Gasteiger partial charge in [-0.25, -0.2) is 0 Å². The van der Waals surface area contributed by atoms with Crippen LogP contribution in [-0.2, 0) is 4.74 Å². The minimum atomic E-state index is -0.216. The quantitative estimate of drug-likeness (QED) is 0.227. The highest BCUT2D eigenvalue weighted by Crippen LogP contribution is 2.38. The molecule has 0 spiro atoms. The van der Waals surface area contributed by atoms with Gasteiger partial charge < -0.3 is 4.74 Å². The summed E-state index contributed by atoms with van der Waals surface area (Å²) in [4.78, 5) is 3.88. The minimum absolute atomic E-state index is 0.00871. The monoisotopic (exact) mass is 351 g/mol. The van der Waals surface area contributed by atoms with E-state index in [1.807, 2.05) is 0 Å². The third kappa shape index (κ3) is 7.69. The summed E-state index contributed by atoms with van der Waals surface area (Å²) in [5.74, 6) is 0. The molecule has 2 nitrogen and oxygen atoms in total. The first-order valence-corrected chi connectivity index (χ1v) is 8.42. The number of hydrogen-bond donors (Lipinski definition) is 0. The van der Waals surface area contributed by atoms with Crippen LogP contribution in [0.25, 0.3) is 0 Å². The highest BCUT2D eigenvalue weighted by atomic mass is 35.5. The van der Waals surface area contributed by atoms with Crippen LogP contribution in [0, 0.1) is 0 Å². The van der Waals surface area contributed by atoms with E-state index < -0.39 is 0 Å². The Hall–Kier alpha value is -0.0200. The number of ether oxygens (including phenoxy) is 1. The molecule has 0 aliphatic carbocycles. The maximum absolute atomic E-state index is 6.17. The van der Waals surface area contributed by atoms with Crippen molar-refractivity contribution in [1.29, 1.82) is 0 Å². The fourth-order valence-electron chi connectivity index (χ4n) is 2.14. The Labute approximate surface area is 143 Å². The molecule has 1 rings (SSSR count). The lowest BCUT2D eigenvalue weighted by molar-refractivity contribution is 0.320. The van der Waals surface area contributed by atoms with Gasteiger partial charge in [0.05, 0.1) is 23.6 Å². The lowest BCUT2D eigenvalue weighted by atomic mass is 10.0. The third-order valence-electron chi connectivity index (χ3n) is 3.74. The Kier molecular flexibility index (Phi) is 7.77. The van der Waals surface area contributed by atoms with E-state index >= 15 is 0 Å². The number of hydrogen-bond acceptors (Lipinski definition) is 2. The smallest absolute Gasteiger partial charge is 0.192 e. The number of halogens is 3. The van der Waals surface area contributed by atoms with Gasteiger partial charge in [-0.05, 0) is 69.7 Å². The zero-order valence-electron chi connectivity index (χ0n) is 13.0. The maximum atomic E-state index is 6.17. The normalized spacial score (nSPS) is 21.8. The molecule has 0 N–H and O–H groups in total. The molecule has 0 saturated carbocycles. The number of rotatable bonds is 9. The van der Waals surface area contributed by atoms with Crippen LogP contribution in [0.15, 0.2) is 28.8 Å². The SMILES string of the molecule is C=C(CCC=C(C)CCC1OC1(C)C)C(Cl)CN=C(Cl)Cl. The molecule has 0 aromatic rings. The number of epoxide rings is 1. The van der Waals surface area contributed by atoms with E-state index in [4.69, 9.17) is 39.5 Å². The highest BCUT2D eigenvalue weighted by molar-refractivity contribution is 6.95. The molecule has 0 radical (unpaired) electrons. The van der Waals surface area contributed by atoms with Crippen LogP contribution in [-0.4, -0.2) is 28.3 Å². The lowest BCUT2D eigenvalue weighted by Gasteiger charge is -2.09. The number of allylic oxidation sites excluding steroid dienone is 2. The molecule has 2 unspecified atom stereocenters. The van der Waals surface area contributed by atoms with Crippen molar-refractivity contribution >= 4 is 39.4 Å². The van der Waals surface area contributed by atoms with Crippen molar-refractivity contribution in [3.8, 4) is 0 Å². The molecule has 21 heavy (non-hydrogen) atoms. The maximum Gasteiger partial charge on any atom is 0.192 e. The van der Waals surface area contributed by atoms with Crippen LogP contribution in [0.2, 0.25) is 0 Å². The van der Waals surface area contributed by atoms with Crippen molar-refractivity contribution in [3.63, 3.8) is 0 Å². The predicted octanol–water partition coefficient (Wildman–Crippen LogP) is 5.67. The van der Waals surface area contributed by atoms with Crippen molar-refractivity contribution in [2.24, 2.45) is 4.99 Å². The Bertz CT molecular complexity index is 425. The van der Waals surface area contributed by atoms with E-state index in [9.17, 15) is 0 Å². The van der Waals surface area contributed by atoms with Gasteiger partial charge in [0.2, 0.25) is 0 Å². The first-order chi connectivity index (χ1) is 9.72. The first kappa shape index (κ1) is 19.0. The van der Waals surface area contributed by atoms with Gasteiger partial charge in [0.1, 0.15) is 0 Å². The predicted molar refractivity (Wildman–Crippen MR) is 94.0 cm³/mol. The molecule has 120 valence electrons. The molecule has 1 aliphatic rings. The van der Waals surface area contributed by atoms with Gasteiger partial charge >= 0.3 is 0 Å². The fraction of sp³-hybridized carbons (Fsp3) is 0.688. The summed E-state index contributed by atoms with van der Waals surface area (Å²) in [6.45, 7) is 10.8. The summed E-state index contributed by atoms with van der Waals surface area (Å²) in [5, 5.41) is -0.216. The average Bonchev–Trinajstić information content (AvgIpc) is 3.01. The first-order valence-electron chi connectivity index (χ1n) is 7.23. The van der Waals surface area contributed by atoms with Crippen LogP contribution in [0.1, 0.15) is 46.5 Å². The standard InChI is InChI=1S/C16H24Cl3NO/c1-11(8-9-14-16(3,4)21-14)6-5-7-12(2)13(17)10-20-15(18)19/h6,13-14H,2,5,7-10H2,1,3-4H3. The second-order valence-corrected chi connectivity index (χ2v) is 7.48. The highest BCUT2D eigenvalue weighted by Gasteiger charge is 2.46. The van der Waals surface area contributed by atoms with Crippen LogP contribution >= 0.6 is 34.8 Å². The van der Waals surface area contributed by atoms with Crippen LogP contribution in [0.5, 0.6) is 0 Å². The van der Waals surface area contributed by atoms with Crippen molar-refractivity contribution < 1.29 is 4.74 Å². The topological polar surface area (TPSA) is 24.9 Å². The molecule has 1 fully saturated rings. The van der Waals surface area contributed by atoms with E-state index in [1.165, 1.54) is 5.57 Å². The van der Waals surface area contributed by atoms with Gasteiger partial charge in [-0.2, -0.15) is 0 Å². The van der Waals surface area contributed by atoms with Gasteiger partial charge in [0, 0.05) is 0 Å². The average molecular weight is 353 g/mol. The van der Waals surface area contributed by atoms with Gasteiger partial charge in [0.15, 0.2) is 4.63 Å². The Balaban J connectivity index is 2.20. The molecule has 5 heteroatoms. The Morgan fingerprint density at radius 1 is 1.38 bits per heavy atom. The zero-order chi connectivity index (χ0) is 16.0. The fourth-order valence-corrected chi connectivity index (χ4v) is 2.45. The summed E-state index contributed by atoms with van der Waals surface area (Å²) in [6.07, 6.45) is 6.64. The van der Waals surface area contributed by atoms with Crippen LogP contribution < -0.4 is 0 Å². The molecule has 1 saturated heterocycles. The van der Waals surface area contributed by atoms with Gasteiger partial charge in [0.25, 0.3) is 0 Å². The lowest BCUT2D eigenvalue weighted by Crippen LogP contribution is -2.07. The van der Waals surface area contributed by atoms with Crippen molar-refractivity contribution in [2.45, 2.75) is 63.5 Å². The molecule has 0 aromatic heterocycles.